The number of carbonyl (C=O) groups excluding carboxylic acids is 1. The van der Waals surface area contributed by atoms with Gasteiger partial charge in [-0.1, -0.05) is 22.0 Å². The molecule has 0 aliphatic heterocycles. The third-order valence-corrected chi connectivity index (χ3v) is 3.29. The number of fused-ring (bicyclic) bond motifs is 1. The van der Waals surface area contributed by atoms with E-state index >= 15 is 0 Å². The lowest BCUT2D eigenvalue weighted by Gasteiger charge is -2.01. The van der Waals surface area contributed by atoms with E-state index in [0.29, 0.717) is 6.04 Å². The number of H-pyrrole nitrogens is 1. The summed E-state index contributed by atoms with van der Waals surface area (Å²) < 4.78 is 1.01. The van der Waals surface area contributed by atoms with E-state index < -0.39 is 0 Å². The van der Waals surface area contributed by atoms with E-state index in [9.17, 15) is 4.79 Å². The second-order valence-electron chi connectivity index (χ2n) is 4.14. The Labute approximate surface area is 101 Å². The van der Waals surface area contributed by atoms with Crippen LogP contribution in [0.15, 0.2) is 28.9 Å². The van der Waals surface area contributed by atoms with Crippen molar-refractivity contribution < 1.29 is 4.79 Å². The molecule has 1 aromatic carbocycles. The number of amides is 1. The zero-order valence-electron chi connectivity index (χ0n) is 8.59. The molecular formula is C12H11BrN2O. The van der Waals surface area contributed by atoms with Crippen molar-refractivity contribution in [3.05, 3.63) is 34.4 Å². The number of hydrogen-bond acceptors (Lipinski definition) is 1. The number of aromatic nitrogens is 1. The fourth-order valence-electron chi connectivity index (χ4n) is 1.78. The van der Waals surface area contributed by atoms with Crippen LogP contribution in [0.5, 0.6) is 0 Å². The summed E-state index contributed by atoms with van der Waals surface area (Å²) in [6.07, 6.45) is 3.99. The first-order valence-corrected chi connectivity index (χ1v) is 6.11. The Bertz CT molecular complexity index is 557. The van der Waals surface area contributed by atoms with Crippen LogP contribution in [0.1, 0.15) is 23.2 Å². The van der Waals surface area contributed by atoms with Gasteiger partial charge >= 0.3 is 0 Å². The Balaban J connectivity index is 1.99. The summed E-state index contributed by atoms with van der Waals surface area (Å²) in [4.78, 5) is 15.0. The molecule has 1 fully saturated rings. The van der Waals surface area contributed by atoms with Crippen molar-refractivity contribution in [2.75, 3.05) is 0 Å². The summed E-state index contributed by atoms with van der Waals surface area (Å²) in [5.41, 5.74) is 1.71. The highest BCUT2D eigenvalue weighted by molar-refractivity contribution is 9.10. The van der Waals surface area contributed by atoms with Crippen molar-refractivity contribution in [3.63, 3.8) is 0 Å². The quantitative estimate of drug-likeness (QED) is 0.872. The number of aromatic amines is 1. The Morgan fingerprint density at radius 3 is 3.00 bits per heavy atom. The predicted octanol–water partition coefficient (Wildman–Crippen LogP) is 2.82. The van der Waals surface area contributed by atoms with Crippen molar-refractivity contribution in [1.82, 2.24) is 10.3 Å². The van der Waals surface area contributed by atoms with Crippen LogP contribution in [0.3, 0.4) is 0 Å². The first kappa shape index (κ1) is 9.90. The minimum atomic E-state index is 0.0241. The first-order valence-electron chi connectivity index (χ1n) is 5.31. The topological polar surface area (TPSA) is 44.9 Å². The standard InChI is InChI=1S/C12H11BrN2O/c13-7-1-4-9-10(6-14-11(9)5-7)12(16)15-8-2-3-8/h1,4-6,8,14H,2-3H2,(H,15,16). The summed E-state index contributed by atoms with van der Waals surface area (Å²) >= 11 is 3.41. The zero-order valence-corrected chi connectivity index (χ0v) is 10.2. The van der Waals surface area contributed by atoms with Gasteiger partial charge in [0, 0.05) is 27.6 Å². The predicted molar refractivity (Wildman–Crippen MR) is 66.5 cm³/mol. The van der Waals surface area contributed by atoms with E-state index in [-0.39, 0.29) is 5.91 Å². The molecule has 1 aromatic heterocycles. The van der Waals surface area contributed by atoms with E-state index in [1.165, 1.54) is 0 Å². The fraction of sp³-hybridized carbons (Fsp3) is 0.250. The van der Waals surface area contributed by atoms with E-state index in [1.807, 2.05) is 18.2 Å². The average molecular weight is 279 g/mol. The monoisotopic (exact) mass is 278 g/mol. The van der Waals surface area contributed by atoms with Gasteiger partial charge in [0.25, 0.3) is 5.91 Å². The van der Waals surface area contributed by atoms with Crippen molar-refractivity contribution >= 4 is 32.7 Å². The van der Waals surface area contributed by atoms with E-state index in [0.717, 1.165) is 33.8 Å². The van der Waals surface area contributed by atoms with E-state index in [1.54, 1.807) is 6.20 Å². The third-order valence-electron chi connectivity index (χ3n) is 2.80. The lowest BCUT2D eigenvalue weighted by Crippen LogP contribution is -2.24. The van der Waals surface area contributed by atoms with Gasteiger partial charge in [-0.3, -0.25) is 4.79 Å². The van der Waals surface area contributed by atoms with Crippen LogP contribution < -0.4 is 5.32 Å². The SMILES string of the molecule is O=C(NC1CC1)c1c[nH]c2cc(Br)ccc12. The highest BCUT2D eigenvalue weighted by atomic mass is 79.9. The lowest BCUT2D eigenvalue weighted by molar-refractivity contribution is 0.0953. The molecule has 16 heavy (non-hydrogen) atoms. The summed E-state index contributed by atoms with van der Waals surface area (Å²) in [6.45, 7) is 0. The molecule has 82 valence electrons. The minimum absolute atomic E-state index is 0.0241. The van der Waals surface area contributed by atoms with Crippen molar-refractivity contribution in [2.45, 2.75) is 18.9 Å². The second kappa shape index (κ2) is 3.63. The largest absolute Gasteiger partial charge is 0.360 e. The molecule has 3 rings (SSSR count). The fourth-order valence-corrected chi connectivity index (χ4v) is 2.14. The van der Waals surface area contributed by atoms with Crippen molar-refractivity contribution in [3.8, 4) is 0 Å². The number of nitrogens with one attached hydrogen (secondary N) is 2. The maximum atomic E-state index is 11.9. The molecule has 1 aliphatic carbocycles. The summed E-state index contributed by atoms with van der Waals surface area (Å²) in [7, 11) is 0. The Morgan fingerprint density at radius 2 is 2.25 bits per heavy atom. The van der Waals surface area contributed by atoms with Gasteiger partial charge in [0.05, 0.1) is 5.56 Å². The molecule has 0 atom stereocenters. The van der Waals surface area contributed by atoms with Gasteiger partial charge in [-0.25, -0.2) is 0 Å². The average Bonchev–Trinajstić information content (AvgIpc) is 2.96. The maximum Gasteiger partial charge on any atom is 0.253 e. The molecule has 0 radical (unpaired) electrons. The number of rotatable bonds is 2. The van der Waals surface area contributed by atoms with Crippen LogP contribution in [0.4, 0.5) is 0 Å². The molecule has 1 amide bonds. The molecule has 1 heterocycles. The Kier molecular flexibility index (Phi) is 2.24. The molecule has 0 bridgehead atoms. The summed E-state index contributed by atoms with van der Waals surface area (Å²) in [5.74, 6) is 0.0241. The van der Waals surface area contributed by atoms with Gasteiger partial charge in [-0.2, -0.15) is 0 Å². The summed E-state index contributed by atoms with van der Waals surface area (Å²) in [6, 6.07) is 6.28. The van der Waals surface area contributed by atoms with Crippen LogP contribution in [-0.2, 0) is 0 Å². The molecule has 2 aromatic rings. The van der Waals surface area contributed by atoms with Crippen LogP contribution >= 0.6 is 15.9 Å². The highest BCUT2D eigenvalue weighted by Gasteiger charge is 2.24. The molecule has 0 saturated heterocycles. The number of halogens is 1. The second-order valence-corrected chi connectivity index (χ2v) is 5.06. The number of hydrogen-bond donors (Lipinski definition) is 2. The maximum absolute atomic E-state index is 11.9. The van der Waals surface area contributed by atoms with Crippen molar-refractivity contribution in [1.29, 1.82) is 0 Å². The minimum Gasteiger partial charge on any atom is -0.360 e. The molecular weight excluding hydrogens is 268 g/mol. The molecule has 1 aliphatic rings. The van der Waals surface area contributed by atoms with Crippen LogP contribution in [0, 0.1) is 0 Å². The third kappa shape index (κ3) is 1.73. The van der Waals surface area contributed by atoms with E-state index in [4.69, 9.17) is 0 Å². The molecule has 0 unspecified atom stereocenters. The van der Waals surface area contributed by atoms with Gasteiger partial charge in [-0.15, -0.1) is 0 Å². The molecule has 3 nitrogen and oxygen atoms in total. The van der Waals surface area contributed by atoms with Gasteiger partial charge in [-0.05, 0) is 25.0 Å². The summed E-state index contributed by atoms with van der Waals surface area (Å²) in [5, 5.41) is 3.97. The van der Waals surface area contributed by atoms with Gasteiger partial charge in [0.2, 0.25) is 0 Å². The van der Waals surface area contributed by atoms with Crippen LogP contribution in [-0.4, -0.2) is 16.9 Å². The van der Waals surface area contributed by atoms with Crippen LogP contribution in [0.2, 0.25) is 0 Å². The number of benzene rings is 1. The van der Waals surface area contributed by atoms with Gasteiger partial charge in [0.15, 0.2) is 0 Å². The smallest absolute Gasteiger partial charge is 0.253 e. The normalized spacial score (nSPS) is 15.3. The Morgan fingerprint density at radius 1 is 1.44 bits per heavy atom. The Hall–Kier alpha value is -1.29. The van der Waals surface area contributed by atoms with Crippen molar-refractivity contribution in [2.24, 2.45) is 0 Å². The molecule has 2 N–H and O–H groups in total. The molecule has 4 heteroatoms. The molecule has 1 saturated carbocycles. The molecule has 0 spiro atoms. The van der Waals surface area contributed by atoms with Gasteiger partial charge < -0.3 is 10.3 Å². The van der Waals surface area contributed by atoms with E-state index in [2.05, 4.69) is 26.2 Å². The van der Waals surface area contributed by atoms with Gasteiger partial charge in [0.1, 0.15) is 0 Å². The first-order chi connectivity index (χ1) is 7.74. The lowest BCUT2D eigenvalue weighted by atomic mass is 10.1. The number of carbonyl (C=O) groups is 1. The highest BCUT2D eigenvalue weighted by Crippen LogP contribution is 2.24. The zero-order chi connectivity index (χ0) is 11.1. The van der Waals surface area contributed by atoms with Crippen LogP contribution in [0.25, 0.3) is 10.9 Å².